The summed E-state index contributed by atoms with van der Waals surface area (Å²) in [6.45, 7) is -3.71. The molecule has 0 saturated carbocycles. The summed E-state index contributed by atoms with van der Waals surface area (Å²) in [7, 11) is 0. The summed E-state index contributed by atoms with van der Waals surface area (Å²) >= 11 is 1.96. The molecule has 12 atom stereocenters. The maximum atomic E-state index is 12.4. The van der Waals surface area contributed by atoms with Gasteiger partial charge in [-0.3, -0.25) is 48.5 Å². The van der Waals surface area contributed by atoms with E-state index in [0.717, 1.165) is 0 Å². The monoisotopic (exact) mass is 1660 g/mol. The molecule has 0 spiro atoms. The Kier molecular flexibility index (Phi) is 31.2. The average molecular weight is 1660 g/mol. The van der Waals surface area contributed by atoms with Crippen molar-refractivity contribution in [3.63, 3.8) is 0 Å². The van der Waals surface area contributed by atoms with E-state index in [2.05, 4.69) is 70.7 Å². The zero-order valence-electron chi connectivity index (χ0n) is 53.8. The van der Waals surface area contributed by atoms with Gasteiger partial charge in [0.1, 0.15) is 68.1 Å². The van der Waals surface area contributed by atoms with E-state index in [-0.39, 0.29) is 96.2 Å². The number of hydrogen-bond acceptors (Lipinski definition) is 27. The fourth-order valence-electron chi connectivity index (χ4n) is 9.23. The van der Waals surface area contributed by atoms with E-state index in [1.54, 1.807) is 22.1 Å². The molecule has 107 heavy (non-hydrogen) atoms. The van der Waals surface area contributed by atoms with Gasteiger partial charge >= 0.3 is 48.3 Å². The number of nitrogens with two attached hydrogens (primary N) is 3. The lowest BCUT2D eigenvalue weighted by atomic mass is 10.1. The number of rotatable bonds is 16. The highest BCUT2D eigenvalue weighted by Crippen LogP contribution is 2.36. The van der Waals surface area contributed by atoms with E-state index >= 15 is 0 Å². The number of nitrogen functional groups attached to an aromatic ring is 3. The number of nitrogens with zero attached hydrogens (tertiary/aromatic N) is 6. The van der Waals surface area contributed by atoms with Gasteiger partial charge in [0.05, 0.1) is 73.4 Å². The van der Waals surface area contributed by atoms with Crippen LogP contribution in [0.5, 0.6) is 0 Å². The van der Waals surface area contributed by atoms with Gasteiger partial charge in [-0.15, -0.1) is 12.8 Å². The lowest BCUT2D eigenvalue weighted by Gasteiger charge is -2.17. The Bertz CT molecular complexity index is 4530. The van der Waals surface area contributed by atoms with E-state index in [4.69, 9.17) is 47.7 Å². The minimum Gasteiger partial charge on any atom is -0.394 e. The molecule has 6 aromatic heterocycles. The van der Waals surface area contributed by atoms with Crippen molar-refractivity contribution in [2.75, 3.05) is 89.6 Å². The van der Waals surface area contributed by atoms with Crippen molar-refractivity contribution in [2.24, 2.45) is 0 Å². The number of ether oxygens (including phenoxy) is 5. The minimum atomic E-state index is -5.06. The molecule has 0 radical (unpaired) electrons. The van der Waals surface area contributed by atoms with Gasteiger partial charge in [0.2, 0.25) is 17.8 Å². The van der Waals surface area contributed by atoms with Crippen molar-refractivity contribution in [1.82, 2.24) is 64.9 Å². The molecule has 0 bridgehead atoms. The number of carbonyl (C=O) groups is 4. The van der Waals surface area contributed by atoms with E-state index in [1.165, 1.54) is 31.4 Å². The van der Waals surface area contributed by atoms with Crippen molar-refractivity contribution >= 4 is 97.2 Å². The summed E-state index contributed by atoms with van der Waals surface area (Å²) in [5.41, 5.74) is 15.3. The van der Waals surface area contributed by atoms with Crippen LogP contribution in [0.25, 0.3) is 33.1 Å². The molecule has 3 saturated heterocycles. The Morgan fingerprint density at radius 3 is 1.15 bits per heavy atom. The van der Waals surface area contributed by atoms with Gasteiger partial charge in [-0.25, -0.2) is 0 Å². The van der Waals surface area contributed by atoms with Crippen LogP contribution in [-0.2, 0) is 42.9 Å². The van der Waals surface area contributed by atoms with Crippen LogP contribution in [0.3, 0.4) is 0 Å². The first-order valence-corrected chi connectivity index (χ1v) is 30.7. The Labute approximate surface area is 602 Å². The van der Waals surface area contributed by atoms with Crippen LogP contribution in [0.1, 0.15) is 29.8 Å². The Morgan fingerprint density at radius 1 is 0.495 bits per heavy atom. The zero-order valence-corrected chi connectivity index (χ0v) is 56.0. The molecule has 0 aliphatic carbocycles. The zero-order chi connectivity index (χ0) is 80.4. The van der Waals surface area contributed by atoms with Gasteiger partial charge < -0.3 is 122 Å². The molecule has 0 aromatic carbocycles. The van der Waals surface area contributed by atoms with Gasteiger partial charge in [0.25, 0.3) is 16.7 Å². The second kappa shape index (κ2) is 38.1. The van der Waals surface area contributed by atoms with E-state index in [1.807, 2.05) is 28.5 Å². The van der Waals surface area contributed by atoms with Crippen LogP contribution in [0.15, 0.2) is 33.0 Å². The normalized spacial score (nSPS) is 21.8. The second-order valence-corrected chi connectivity index (χ2v) is 22.6. The first kappa shape index (κ1) is 87.7. The number of hydrogen-bond donors (Lipinski definition) is 19. The third-order valence-electron chi connectivity index (χ3n) is 14.0. The highest BCUT2D eigenvalue weighted by atomic mass is 127. The number of alkyl halides is 12. The predicted octanol–water partition coefficient (Wildman–Crippen LogP) is -4.95. The standard InChI is InChI=1S/C18H20F3N5O7.C16H16F3N5O6.C11H13IN4O5.C7H8F3NO2.C5H4F3NO/c19-18(20,21)16(31)23-3-5-32-4-1-2-8-6-26(13-10(8)14(30)25-17(22)24-13)15-12(29)11(28)9(7-27)33-15;17-16(18,19)14(29)21-3-1-2-6-4-24(11-8(6)12(28)23-15(20)22-11)13-10(27)9(26)7(5-25)30-13;12-3-1-16(8-5(3)9(20)15-11(13)14-8)10-7(19)6(18)4(2-17)21-10;1-2-4-13-5-3-11-6(12)7(8,9)10;1-2-3-9-4(10)5(6,7)8/h6,9,11-12,15,27-29H,3-5,7H2,(H,23,31)(H3,22,24,25,30);4,7,9-10,13,25-27H,3,5H2,(H,21,29)(H3,20,22,23,28);1,4,6-7,10,17-19H,2H2,(H3,13,14,15,20);1H,3-5H2,(H,11,12);1H,3H2,(H,9,10). The van der Waals surface area contributed by atoms with Gasteiger partial charge in [-0.05, 0) is 22.6 Å². The molecule has 4 amide bonds. The molecule has 3 fully saturated rings. The molecule has 22 N–H and O–H groups in total. The maximum absolute atomic E-state index is 12.4. The number of aromatic nitrogens is 9. The first-order chi connectivity index (χ1) is 50.0. The van der Waals surface area contributed by atoms with Crippen molar-refractivity contribution in [3.05, 3.63) is 64.3 Å². The number of carbonyl (C=O) groups excluding carboxylic acids is 4. The highest BCUT2D eigenvalue weighted by Gasteiger charge is 2.48. The number of aliphatic hydroxyl groups is 9. The molecule has 50 heteroatoms. The molecular weight excluding hydrogens is 1600 g/mol. The first-order valence-electron chi connectivity index (χ1n) is 29.6. The molecule has 3 aliphatic rings. The van der Waals surface area contributed by atoms with Crippen LogP contribution in [0.4, 0.5) is 70.5 Å². The summed E-state index contributed by atoms with van der Waals surface area (Å²) in [6, 6.07) is 0. The molecule has 12 unspecified atom stereocenters. The van der Waals surface area contributed by atoms with E-state index in [9.17, 15) is 127 Å². The number of anilines is 3. The smallest absolute Gasteiger partial charge is 0.394 e. The SMILES string of the molecule is C#CCNC(=O)C(F)(F)F.C#CCOCCNC(=O)C(F)(F)F.Nc1nc2c(c(C#CCNC(=O)C(F)(F)F)cn2C2OC(CO)C(O)C2O)c(=O)[nH]1.Nc1nc2c(c(C#CCOCCNC(=O)C(F)(F)F)cn2C2OC(CO)C(O)C2O)c(=O)[nH]1.Nc1nc2c(c(I)cn2C2OC(CO)C(O)C2O)c(=O)[nH]1. The predicted molar refractivity (Wildman–Crippen MR) is 345 cm³/mol. The summed E-state index contributed by atoms with van der Waals surface area (Å²) < 4.78 is 172. The molecule has 37 nitrogen and oxygen atoms in total. The van der Waals surface area contributed by atoms with Crippen LogP contribution in [0.2, 0.25) is 0 Å². The van der Waals surface area contributed by atoms with Crippen LogP contribution >= 0.6 is 22.6 Å². The molecule has 9 heterocycles. The van der Waals surface area contributed by atoms with Crippen LogP contribution in [-0.4, -0.2) is 265 Å². The quantitative estimate of drug-likeness (QED) is 0.0187. The Hall–Kier alpha value is -9.89. The summed E-state index contributed by atoms with van der Waals surface area (Å²) in [4.78, 5) is 97.2. The maximum Gasteiger partial charge on any atom is 0.471 e. The fourth-order valence-corrected chi connectivity index (χ4v) is 10.0. The van der Waals surface area contributed by atoms with Crippen molar-refractivity contribution in [3.8, 4) is 48.4 Å². The number of terminal acetylenes is 2. The van der Waals surface area contributed by atoms with Crippen molar-refractivity contribution < 1.29 is 142 Å². The second-order valence-electron chi connectivity index (χ2n) is 21.4. The summed E-state index contributed by atoms with van der Waals surface area (Å²) in [5, 5.41) is 94.5. The van der Waals surface area contributed by atoms with E-state index < -0.39 is 172 Å². The number of amides is 4. The third-order valence-corrected chi connectivity index (χ3v) is 14.8. The number of aromatic amines is 3. The number of fused-ring (bicyclic) bond motifs is 3. The number of nitrogens with one attached hydrogen (secondary N) is 7. The topological polar surface area (TPSA) is 575 Å². The molecule has 3 aliphatic heterocycles. The number of aliphatic hydroxyl groups excluding tert-OH is 9. The fraction of sp³-hybridized carbons (Fsp3) is 0.474. The Balaban J connectivity index is 0.000000255. The van der Waals surface area contributed by atoms with Crippen LogP contribution in [0, 0.1) is 51.9 Å². The lowest BCUT2D eigenvalue weighted by Crippen LogP contribution is -2.38. The number of H-pyrrole nitrogens is 3. The van der Waals surface area contributed by atoms with Gasteiger partial charge in [0.15, 0.2) is 35.6 Å². The molecule has 586 valence electrons. The molecule has 9 rings (SSSR count). The minimum absolute atomic E-state index is 0.00209. The highest BCUT2D eigenvalue weighted by molar-refractivity contribution is 14.1. The average Bonchev–Trinajstić information content (AvgIpc) is 1.62. The summed E-state index contributed by atoms with van der Waals surface area (Å²) in [6.07, 6.45) is -20.9. The lowest BCUT2D eigenvalue weighted by molar-refractivity contribution is -0.173. The largest absolute Gasteiger partial charge is 0.471 e. The van der Waals surface area contributed by atoms with Gasteiger partial charge in [-0.2, -0.15) is 67.6 Å². The summed E-state index contributed by atoms with van der Waals surface area (Å²) in [5.74, 6) is 5.14. The van der Waals surface area contributed by atoms with Gasteiger partial charge in [0, 0.05) is 35.3 Å². The molecular formula is C57H61F12IN16O21. The van der Waals surface area contributed by atoms with Crippen molar-refractivity contribution in [1.29, 1.82) is 0 Å². The Morgan fingerprint density at radius 2 is 0.813 bits per heavy atom. The van der Waals surface area contributed by atoms with Crippen LogP contribution < -0.4 is 55.1 Å². The molecule has 6 aromatic rings. The third kappa shape index (κ3) is 23.1. The van der Waals surface area contributed by atoms with Crippen molar-refractivity contribution in [2.45, 2.75) is 98.3 Å². The number of halogens is 13. The van der Waals surface area contributed by atoms with Gasteiger partial charge in [-0.1, -0.05) is 35.5 Å². The van der Waals surface area contributed by atoms with E-state index in [0.29, 0.717) is 8.96 Å².